The molecule has 2 aromatic carbocycles. The number of rotatable bonds is 9. The number of aromatic hydroxyl groups is 1. The summed E-state index contributed by atoms with van der Waals surface area (Å²) in [6.45, 7) is -0.422. The van der Waals surface area contributed by atoms with Gasteiger partial charge in [-0.2, -0.15) is 8.78 Å². The molecule has 0 aliphatic carbocycles. The lowest BCUT2D eigenvalue weighted by Gasteiger charge is -2.31. The third-order valence-corrected chi connectivity index (χ3v) is 6.06. The second-order valence-corrected chi connectivity index (χ2v) is 8.42. The molecule has 3 aromatic rings. The van der Waals surface area contributed by atoms with Crippen molar-refractivity contribution in [1.82, 2.24) is 14.9 Å². The molecule has 1 fully saturated rings. The first-order chi connectivity index (χ1) is 16.8. The number of phenolic OH excluding ortho intramolecular Hbond substituents is 1. The number of fused-ring (bicyclic) bond motifs is 1. The maximum absolute atomic E-state index is 14.3. The lowest BCUT2D eigenvalue weighted by molar-refractivity contribution is -0.172. The highest BCUT2D eigenvalue weighted by atomic mass is 35.5. The van der Waals surface area contributed by atoms with Crippen LogP contribution in [0.2, 0.25) is 5.02 Å². The Morgan fingerprint density at radius 3 is 2.69 bits per heavy atom. The SMILES string of the molecule is Oc1cc2ncnc(Nc3ccc(F)c(Cl)c3F)c2cc1OCCCN1CCC(OC(F)F)CC1. The van der Waals surface area contributed by atoms with E-state index in [9.17, 15) is 22.7 Å². The van der Waals surface area contributed by atoms with Gasteiger partial charge < -0.3 is 24.8 Å². The van der Waals surface area contributed by atoms with Crippen molar-refractivity contribution < 1.29 is 32.1 Å². The monoisotopic (exact) mass is 514 g/mol. The van der Waals surface area contributed by atoms with Crippen LogP contribution in [0.25, 0.3) is 10.9 Å². The van der Waals surface area contributed by atoms with Gasteiger partial charge in [0, 0.05) is 31.1 Å². The lowest BCUT2D eigenvalue weighted by Crippen LogP contribution is -2.38. The molecule has 1 aliphatic heterocycles. The maximum atomic E-state index is 14.3. The van der Waals surface area contributed by atoms with E-state index in [2.05, 4.69) is 24.9 Å². The zero-order valence-electron chi connectivity index (χ0n) is 18.5. The lowest BCUT2D eigenvalue weighted by atomic mass is 10.1. The predicted octanol–water partition coefficient (Wildman–Crippen LogP) is 5.48. The minimum absolute atomic E-state index is 0.0744. The molecule has 0 bridgehead atoms. The molecule has 35 heavy (non-hydrogen) atoms. The summed E-state index contributed by atoms with van der Waals surface area (Å²) in [6.07, 6.45) is 2.57. The van der Waals surface area contributed by atoms with E-state index in [1.165, 1.54) is 24.5 Å². The van der Waals surface area contributed by atoms with Gasteiger partial charge in [0.1, 0.15) is 23.0 Å². The van der Waals surface area contributed by atoms with Gasteiger partial charge in [-0.25, -0.2) is 18.7 Å². The van der Waals surface area contributed by atoms with Crippen LogP contribution in [0.5, 0.6) is 11.5 Å². The van der Waals surface area contributed by atoms with Crippen molar-refractivity contribution in [2.45, 2.75) is 32.0 Å². The molecular formula is C23H23ClF4N4O3. The molecule has 0 amide bonds. The molecule has 7 nitrogen and oxygen atoms in total. The Kier molecular flexibility index (Phi) is 8.09. The highest BCUT2D eigenvalue weighted by molar-refractivity contribution is 6.31. The van der Waals surface area contributed by atoms with Gasteiger partial charge >= 0.3 is 6.61 Å². The molecule has 0 radical (unpaired) electrons. The van der Waals surface area contributed by atoms with Crippen LogP contribution in [0, 0.1) is 11.6 Å². The minimum Gasteiger partial charge on any atom is -0.504 e. The van der Waals surface area contributed by atoms with Gasteiger partial charge in [0.05, 0.1) is 23.9 Å². The smallest absolute Gasteiger partial charge is 0.345 e. The summed E-state index contributed by atoms with van der Waals surface area (Å²) in [5, 5.41) is 12.9. The predicted molar refractivity (Wildman–Crippen MR) is 123 cm³/mol. The molecule has 1 aromatic heterocycles. The summed E-state index contributed by atoms with van der Waals surface area (Å²) in [4.78, 5) is 10.4. The van der Waals surface area contributed by atoms with E-state index in [4.69, 9.17) is 16.3 Å². The fourth-order valence-electron chi connectivity index (χ4n) is 3.92. The second kappa shape index (κ2) is 11.2. The van der Waals surface area contributed by atoms with Crippen LogP contribution >= 0.6 is 11.6 Å². The average Bonchev–Trinajstić information content (AvgIpc) is 2.83. The van der Waals surface area contributed by atoms with E-state index < -0.39 is 29.4 Å². The first-order valence-electron chi connectivity index (χ1n) is 11.0. The molecule has 0 saturated carbocycles. The van der Waals surface area contributed by atoms with Crippen molar-refractivity contribution in [1.29, 1.82) is 0 Å². The number of aromatic nitrogens is 2. The number of hydrogen-bond donors (Lipinski definition) is 2. The summed E-state index contributed by atoms with van der Waals surface area (Å²) in [5.74, 6) is -1.55. The van der Waals surface area contributed by atoms with E-state index in [0.29, 0.717) is 56.4 Å². The number of nitrogens with one attached hydrogen (secondary N) is 1. The van der Waals surface area contributed by atoms with Gasteiger partial charge in [0.2, 0.25) is 0 Å². The van der Waals surface area contributed by atoms with Gasteiger partial charge in [0.15, 0.2) is 17.3 Å². The molecule has 0 spiro atoms. The summed E-state index contributed by atoms with van der Waals surface area (Å²) in [6, 6.07) is 5.17. The number of nitrogens with zero attached hydrogens (tertiary/aromatic N) is 3. The van der Waals surface area contributed by atoms with Crippen molar-refractivity contribution in [2.24, 2.45) is 0 Å². The summed E-state index contributed by atoms with van der Waals surface area (Å²) in [7, 11) is 0. The Balaban J connectivity index is 1.38. The van der Waals surface area contributed by atoms with Crippen LogP contribution in [-0.4, -0.2) is 58.9 Å². The number of halogens is 5. The number of phenols is 1. The number of likely N-dealkylation sites (tertiary alicyclic amines) is 1. The van der Waals surface area contributed by atoms with Gasteiger partial charge in [-0.3, -0.25) is 0 Å². The van der Waals surface area contributed by atoms with Crippen LogP contribution in [-0.2, 0) is 4.74 Å². The molecule has 0 unspecified atom stereocenters. The number of hydrogen-bond acceptors (Lipinski definition) is 7. The zero-order chi connectivity index (χ0) is 24.9. The van der Waals surface area contributed by atoms with Crippen molar-refractivity contribution in [3.8, 4) is 11.5 Å². The normalized spacial score (nSPS) is 15.1. The summed E-state index contributed by atoms with van der Waals surface area (Å²) in [5.41, 5.74) is 0.310. The first-order valence-corrected chi connectivity index (χ1v) is 11.4. The molecule has 188 valence electrons. The fraction of sp³-hybridized carbons (Fsp3) is 0.391. The van der Waals surface area contributed by atoms with Crippen LogP contribution in [0.3, 0.4) is 0 Å². The standard InChI is InChI=1S/C23H23ClF4N4O3/c24-20-15(25)2-3-16(21(20)26)31-22-14-10-19(18(33)11-17(14)29-12-30-22)34-9-1-6-32-7-4-13(5-8-32)35-23(27)28/h2-3,10-13,23,33H,1,4-9H2,(H,29,30,31). The number of alkyl halides is 2. The van der Waals surface area contributed by atoms with Crippen LogP contribution < -0.4 is 10.1 Å². The number of piperidine rings is 1. The first kappa shape index (κ1) is 25.2. The average molecular weight is 515 g/mol. The number of ether oxygens (including phenoxy) is 2. The van der Waals surface area contributed by atoms with Crippen LogP contribution in [0.4, 0.5) is 29.1 Å². The molecule has 2 N–H and O–H groups in total. The number of benzene rings is 2. The van der Waals surface area contributed by atoms with Crippen molar-refractivity contribution in [3.05, 3.63) is 47.2 Å². The quantitative estimate of drug-likeness (QED) is 0.222. The van der Waals surface area contributed by atoms with Crippen molar-refractivity contribution in [3.63, 3.8) is 0 Å². The topological polar surface area (TPSA) is 79.7 Å². The van der Waals surface area contributed by atoms with Crippen LogP contribution in [0.15, 0.2) is 30.6 Å². The minimum atomic E-state index is -2.75. The van der Waals surface area contributed by atoms with E-state index in [0.717, 1.165) is 6.07 Å². The van der Waals surface area contributed by atoms with E-state index in [1.54, 1.807) is 0 Å². The van der Waals surface area contributed by atoms with E-state index in [1.807, 2.05) is 0 Å². The molecule has 1 saturated heterocycles. The van der Waals surface area contributed by atoms with E-state index >= 15 is 0 Å². The Labute approximate surface area is 203 Å². The molecule has 2 heterocycles. The summed E-state index contributed by atoms with van der Waals surface area (Å²) < 4.78 is 62.8. The third kappa shape index (κ3) is 6.22. The molecule has 1 aliphatic rings. The Bertz CT molecular complexity index is 1180. The molecule has 12 heteroatoms. The third-order valence-electron chi connectivity index (χ3n) is 5.71. The number of anilines is 2. The highest BCUT2D eigenvalue weighted by Crippen LogP contribution is 2.35. The van der Waals surface area contributed by atoms with Crippen molar-refractivity contribution >= 4 is 34.0 Å². The van der Waals surface area contributed by atoms with E-state index in [-0.39, 0.29) is 23.0 Å². The summed E-state index contributed by atoms with van der Waals surface area (Å²) >= 11 is 5.65. The van der Waals surface area contributed by atoms with Crippen molar-refractivity contribution in [2.75, 3.05) is 31.6 Å². The Morgan fingerprint density at radius 2 is 1.94 bits per heavy atom. The van der Waals surface area contributed by atoms with Gasteiger partial charge in [-0.05, 0) is 37.5 Å². The molecule has 4 rings (SSSR count). The van der Waals surface area contributed by atoms with Gasteiger partial charge in [0.25, 0.3) is 0 Å². The van der Waals surface area contributed by atoms with Gasteiger partial charge in [-0.1, -0.05) is 11.6 Å². The Hall–Kier alpha value is -2.89. The Morgan fingerprint density at radius 1 is 1.17 bits per heavy atom. The largest absolute Gasteiger partial charge is 0.504 e. The second-order valence-electron chi connectivity index (χ2n) is 8.05. The molecule has 0 atom stereocenters. The highest BCUT2D eigenvalue weighted by Gasteiger charge is 2.22. The molecular weight excluding hydrogens is 492 g/mol. The maximum Gasteiger partial charge on any atom is 0.345 e. The van der Waals surface area contributed by atoms with Gasteiger partial charge in [-0.15, -0.1) is 0 Å². The fourth-order valence-corrected chi connectivity index (χ4v) is 4.09. The van der Waals surface area contributed by atoms with Crippen LogP contribution in [0.1, 0.15) is 19.3 Å². The zero-order valence-corrected chi connectivity index (χ0v) is 19.2.